The van der Waals surface area contributed by atoms with Crippen LogP contribution in [0.15, 0.2) is 23.3 Å². The first-order valence-corrected chi connectivity index (χ1v) is 6.03. The molecule has 0 saturated carbocycles. The molecule has 0 aromatic heterocycles. The Bertz CT molecular complexity index is 534. The predicted molar refractivity (Wildman–Crippen MR) is 70.4 cm³/mol. The molecule has 0 radical (unpaired) electrons. The molecule has 0 aliphatic carbocycles. The quantitative estimate of drug-likeness (QED) is 0.766. The Kier molecular flexibility index (Phi) is 3.15. The fourth-order valence-corrected chi connectivity index (χ4v) is 1.78. The van der Waals surface area contributed by atoms with E-state index in [1.165, 1.54) is 17.1 Å². The Morgan fingerprint density at radius 2 is 2.06 bits per heavy atom. The zero-order valence-electron chi connectivity index (χ0n) is 10.5. The molecular weight excluding hydrogens is 255 g/mol. The maximum atomic E-state index is 13.4. The fourth-order valence-electron chi connectivity index (χ4n) is 1.66. The van der Waals surface area contributed by atoms with Crippen LogP contribution in [0.4, 0.5) is 10.1 Å². The van der Waals surface area contributed by atoms with Gasteiger partial charge < -0.3 is 0 Å². The van der Waals surface area contributed by atoms with Crippen LogP contribution >= 0.6 is 11.6 Å². The van der Waals surface area contributed by atoms with Crippen LogP contribution in [0, 0.1) is 11.2 Å². The first kappa shape index (κ1) is 13.0. The third-order valence-electron chi connectivity index (χ3n) is 2.79. The molecule has 1 amide bonds. The van der Waals surface area contributed by atoms with Gasteiger partial charge in [0.05, 0.1) is 22.8 Å². The van der Waals surface area contributed by atoms with Crippen molar-refractivity contribution in [3.05, 3.63) is 29.0 Å². The summed E-state index contributed by atoms with van der Waals surface area (Å²) in [6.45, 7) is 5.97. The van der Waals surface area contributed by atoms with Crippen molar-refractivity contribution in [2.24, 2.45) is 10.5 Å². The molecule has 3 nitrogen and oxygen atoms in total. The molecule has 96 valence electrons. The lowest BCUT2D eigenvalue weighted by Gasteiger charge is -2.16. The summed E-state index contributed by atoms with van der Waals surface area (Å²) in [6, 6.07) is 4.22. The van der Waals surface area contributed by atoms with Crippen LogP contribution in [0.3, 0.4) is 0 Å². The lowest BCUT2D eigenvalue weighted by Crippen LogP contribution is -2.20. The molecule has 1 aliphatic rings. The first-order valence-electron chi connectivity index (χ1n) is 5.65. The van der Waals surface area contributed by atoms with E-state index in [-0.39, 0.29) is 22.8 Å². The molecule has 0 atom stereocenters. The van der Waals surface area contributed by atoms with E-state index in [9.17, 15) is 9.18 Å². The van der Waals surface area contributed by atoms with Gasteiger partial charge in [-0.15, -0.1) is 0 Å². The minimum Gasteiger partial charge on any atom is -0.272 e. The second-order valence-electron chi connectivity index (χ2n) is 5.28. The van der Waals surface area contributed by atoms with Gasteiger partial charge in [-0.25, -0.2) is 9.40 Å². The Morgan fingerprint density at radius 3 is 2.56 bits per heavy atom. The van der Waals surface area contributed by atoms with Gasteiger partial charge in [-0.1, -0.05) is 32.4 Å². The number of carbonyl (C=O) groups excluding carboxylic acids is 1. The Morgan fingerprint density at radius 1 is 1.39 bits per heavy atom. The van der Waals surface area contributed by atoms with Crippen LogP contribution in [0.5, 0.6) is 0 Å². The number of hydrazone groups is 1. The van der Waals surface area contributed by atoms with E-state index < -0.39 is 5.82 Å². The van der Waals surface area contributed by atoms with E-state index in [1.807, 2.05) is 20.8 Å². The van der Waals surface area contributed by atoms with Crippen molar-refractivity contribution in [1.82, 2.24) is 0 Å². The average molecular weight is 269 g/mol. The van der Waals surface area contributed by atoms with Gasteiger partial charge in [-0.2, -0.15) is 5.10 Å². The number of hydrogen-bond donors (Lipinski definition) is 0. The highest BCUT2D eigenvalue weighted by molar-refractivity contribution is 6.30. The number of benzene rings is 1. The van der Waals surface area contributed by atoms with Gasteiger partial charge in [0.15, 0.2) is 0 Å². The van der Waals surface area contributed by atoms with Crippen LogP contribution < -0.4 is 5.01 Å². The summed E-state index contributed by atoms with van der Waals surface area (Å²) >= 11 is 5.61. The molecule has 1 aromatic rings. The van der Waals surface area contributed by atoms with Crippen LogP contribution in [0.25, 0.3) is 0 Å². The zero-order valence-corrected chi connectivity index (χ0v) is 11.3. The van der Waals surface area contributed by atoms with Crippen molar-refractivity contribution in [2.75, 3.05) is 5.01 Å². The summed E-state index contributed by atoms with van der Waals surface area (Å²) in [5, 5.41) is 5.54. The minimum absolute atomic E-state index is 0.0328. The van der Waals surface area contributed by atoms with Crippen LogP contribution in [0.1, 0.15) is 27.2 Å². The maximum Gasteiger partial charge on any atom is 0.253 e. The first-order chi connectivity index (χ1) is 8.29. The largest absolute Gasteiger partial charge is 0.272 e. The minimum atomic E-state index is -0.554. The van der Waals surface area contributed by atoms with Crippen molar-refractivity contribution >= 4 is 28.9 Å². The number of hydrogen-bond acceptors (Lipinski definition) is 2. The van der Waals surface area contributed by atoms with E-state index in [2.05, 4.69) is 5.10 Å². The number of carbonyl (C=O) groups is 1. The number of nitrogens with zero attached hydrogens (tertiary/aromatic N) is 2. The van der Waals surface area contributed by atoms with Crippen molar-refractivity contribution in [3.8, 4) is 0 Å². The smallest absolute Gasteiger partial charge is 0.253 e. The number of anilines is 1. The fraction of sp³-hybridized carbons (Fsp3) is 0.385. The number of amides is 1. The Labute approximate surface area is 110 Å². The molecule has 0 fully saturated rings. The Balaban J connectivity index is 2.36. The molecule has 0 spiro atoms. The highest BCUT2D eigenvalue weighted by atomic mass is 35.5. The Hall–Kier alpha value is -1.42. The summed E-state index contributed by atoms with van der Waals surface area (Å²) < 4.78 is 13.4. The highest BCUT2D eigenvalue weighted by Gasteiger charge is 2.32. The van der Waals surface area contributed by atoms with Gasteiger partial charge in [0.1, 0.15) is 5.82 Å². The van der Waals surface area contributed by atoms with Gasteiger partial charge >= 0.3 is 0 Å². The molecule has 18 heavy (non-hydrogen) atoms. The molecule has 0 bridgehead atoms. The molecule has 1 aromatic carbocycles. The third kappa shape index (κ3) is 2.38. The normalized spacial score (nSPS) is 16.2. The van der Waals surface area contributed by atoms with Gasteiger partial charge in [0, 0.05) is 11.5 Å². The molecule has 0 unspecified atom stereocenters. The van der Waals surface area contributed by atoms with Crippen molar-refractivity contribution in [3.63, 3.8) is 0 Å². The molecule has 0 N–H and O–H groups in total. The van der Waals surface area contributed by atoms with Crippen molar-refractivity contribution in [2.45, 2.75) is 27.2 Å². The van der Waals surface area contributed by atoms with E-state index in [4.69, 9.17) is 11.6 Å². The molecule has 1 heterocycles. The molecular formula is C13H14ClFN2O. The lowest BCUT2D eigenvalue weighted by atomic mass is 9.88. The number of halogens is 2. The third-order valence-corrected chi connectivity index (χ3v) is 3.10. The highest BCUT2D eigenvalue weighted by Crippen LogP contribution is 2.29. The van der Waals surface area contributed by atoms with E-state index in [1.54, 1.807) is 6.07 Å². The maximum absolute atomic E-state index is 13.4. The topological polar surface area (TPSA) is 32.7 Å². The standard InChI is InChI=1S/C13H14ClFN2O/c1-13(2,3)11-7-12(18)17(16-11)8-4-5-9(14)10(15)6-8/h4-6H,7H2,1-3H3. The second kappa shape index (κ2) is 4.35. The lowest BCUT2D eigenvalue weighted by molar-refractivity contribution is -0.116. The zero-order chi connectivity index (χ0) is 13.5. The van der Waals surface area contributed by atoms with Gasteiger partial charge in [-0.05, 0) is 12.1 Å². The summed E-state index contributed by atoms with van der Waals surface area (Å²) in [7, 11) is 0. The van der Waals surface area contributed by atoms with Gasteiger partial charge in [0.2, 0.25) is 0 Å². The molecule has 2 rings (SSSR count). The second-order valence-corrected chi connectivity index (χ2v) is 5.68. The van der Waals surface area contributed by atoms with E-state index in [0.29, 0.717) is 5.69 Å². The van der Waals surface area contributed by atoms with Crippen LogP contribution in [-0.2, 0) is 4.79 Å². The van der Waals surface area contributed by atoms with E-state index in [0.717, 1.165) is 5.71 Å². The van der Waals surface area contributed by atoms with E-state index >= 15 is 0 Å². The van der Waals surface area contributed by atoms with Gasteiger partial charge in [-0.3, -0.25) is 4.79 Å². The van der Waals surface area contributed by atoms with Gasteiger partial charge in [0.25, 0.3) is 5.91 Å². The number of rotatable bonds is 1. The van der Waals surface area contributed by atoms with Crippen LogP contribution in [0.2, 0.25) is 5.02 Å². The average Bonchev–Trinajstić information content (AvgIpc) is 2.64. The SMILES string of the molecule is CC(C)(C)C1=NN(c2ccc(Cl)c(F)c2)C(=O)C1. The summed E-state index contributed by atoms with van der Waals surface area (Å²) in [6.07, 6.45) is 0.272. The molecule has 0 saturated heterocycles. The molecule has 1 aliphatic heterocycles. The van der Waals surface area contributed by atoms with Crippen molar-refractivity contribution < 1.29 is 9.18 Å². The van der Waals surface area contributed by atoms with Crippen LogP contribution in [-0.4, -0.2) is 11.6 Å². The summed E-state index contributed by atoms with van der Waals surface area (Å²) in [4.78, 5) is 11.9. The van der Waals surface area contributed by atoms with Crippen molar-refractivity contribution in [1.29, 1.82) is 0 Å². The summed E-state index contributed by atoms with van der Waals surface area (Å²) in [5.74, 6) is -0.706. The monoisotopic (exact) mass is 268 g/mol. The predicted octanol–water partition coefficient (Wildman–Crippen LogP) is 3.62. The summed E-state index contributed by atoms with van der Waals surface area (Å²) in [5.41, 5.74) is 1.03. The molecule has 5 heteroatoms.